The topological polar surface area (TPSA) is 49.6 Å². The number of fused-ring (bicyclic) bond motifs is 3. The molecular formula is C34H26N4. The molecular weight excluding hydrogens is 464 g/mol. The van der Waals surface area contributed by atoms with E-state index in [4.69, 9.17) is 9.98 Å². The van der Waals surface area contributed by atoms with E-state index in [0.29, 0.717) is 0 Å². The molecule has 0 saturated heterocycles. The van der Waals surface area contributed by atoms with Crippen LogP contribution in [0, 0.1) is 0 Å². The van der Waals surface area contributed by atoms with Gasteiger partial charge < -0.3 is 5.32 Å². The van der Waals surface area contributed by atoms with Crippen molar-refractivity contribution < 1.29 is 0 Å². The lowest BCUT2D eigenvalue weighted by Gasteiger charge is -2.33. The molecule has 4 nitrogen and oxygen atoms in total. The number of hydrogen-bond acceptors (Lipinski definition) is 4. The van der Waals surface area contributed by atoms with Crippen LogP contribution in [0.5, 0.6) is 0 Å². The third-order valence-corrected chi connectivity index (χ3v) is 7.41. The minimum Gasteiger partial charge on any atom is -0.324 e. The van der Waals surface area contributed by atoms with Gasteiger partial charge in [-0.15, -0.1) is 0 Å². The van der Waals surface area contributed by atoms with E-state index in [9.17, 15) is 0 Å². The lowest BCUT2D eigenvalue weighted by molar-refractivity contribution is 0.539. The third kappa shape index (κ3) is 4.10. The Labute approximate surface area is 222 Å². The Balaban J connectivity index is 1.34. The Morgan fingerprint density at radius 1 is 0.579 bits per heavy atom. The highest BCUT2D eigenvalue weighted by Crippen LogP contribution is 2.42. The van der Waals surface area contributed by atoms with Gasteiger partial charge in [0.15, 0.2) is 6.17 Å². The average Bonchev–Trinajstić information content (AvgIpc) is 3.01. The molecule has 2 aliphatic rings. The first-order valence-corrected chi connectivity index (χ1v) is 13.0. The molecule has 4 aromatic carbocycles. The van der Waals surface area contributed by atoms with Gasteiger partial charge in [-0.25, -0.2) is 9.98 Å². The number of aliphatic imine (C=N–C) groups is 2. The van der Waals surface area contributed by atoms with Gasteiger partial charge in [0.05, 0.1) is 0 Å². The van der Waals surface area contributed by atoms with Crippen molar-refractivity contribution in [2.24, 2.45) is 9.98 Å². The first-order valence-electron chi connectivity index (χ1n) is 13.0. The van der Waals surface area contributed by atoms with Gasteiger partial charge in [0.2, 0.25) is 0 Å². The fourth-order valence-corrected chi connectivity index (χ4v) is 5.56. The van der Waals surface area contributed by atoms with Gasteiger partial charge in [0.25, 0.3) is 0 Å². The predicted molar refractivity (Wildman–Crippen MR) is 154 cm³/mol. The van der Waals surface area contributed by atoms with Crippen molar-refractivity contribution in [1.82, 2.24) is 10.3 Å². The van der Waals surface area contributed by atoms with Crippen LogP contribution in [0.2, 0.25) is 0 Å². The molecule has 0 spiro atoms. The van der Waals surface area contributed by atoms with Crippen LogP contribution in [0.15, 0.2) is 138 Å². The molecule has 0 saturated carbocycles. The second-order valence-corrected chi connectivity index (χ2v) is 9.74. The summed E-state index contributed by atoms with van der Waals surface area (Å²) in [6, 6.07) is 40.3. The SMILES string of the molecule is c1ccc(C2=NC([C@@H]3Cc4ccccc4-c4ccccc43)N=C(c3cccc(-c4cccnc4)c3)N2)cc1. The van der Waals surface area contributed by atoms with Crippen molar-refractivity contribution in [3.8, 4) is 22.3 Å². The molecule has 5 aromatic rings. The summed E-state index contributed by atoms with van der Waals surface area (Å²) < 4.78 is 0. The molecule has 1 unspecified atom stereocenters. The number of hydrogen-bond donors (Lipinski definition) is 1. The van der Waals surface area contributed by atoms with E-state index in [1.807, 2.05) is 18.3 Å². The molecule has 1 aliphatic heterocycles. The summed E-state index contributed by atoms with van der Waals surface area (Å²) in [5.74, 6) is 1.83. The third-order valence-electron chi connectivity index (χ3n) is 7.41. The summed E-state index contributed by atoms with van der Waals surface area (Å²) in [6.45, 7) is 0. The van der Waals surface area contributed by atoms with Crippen LogP contribution in [0.3, 0.4) is 0 Å². The summed E-state index contributed by atoms with van der Waals surface area (Å²) in [7, 11) is 0. The molecule has 7 rings (SSSR count). The second-order valence-electron chi connectivity index (χ2n) is 9.74. The molecule has 2 atom stereocenters. The molecule has 2 heterocycles. The van der Waals surface area contributed by atoms with E-state index >= 15 is 0 Å². The largest absolute Gasteiger partial charge is 0.324 e. The van der Waals surface area contributed by atoms with Crippen LogP contribution in [0.25, 0.3) is 22.3 Å². The first kappa shape index (κ1) is 22.4. The van der Waals surface area contributed by atoms with Gasteiger partial charge in [0.1, 0.15) is 11.7 Å². The van der Waals surface area contributed by atoms with Gasteiger partial charge in [-0.05, 0) is 46.4 Å². The van der Waals surface area contributed by atoms with E-state index in [-0.39, 0.29) is 12.1 Å². The minimum absolute atomic E-state index is 0.137. The predicted octanol–water partition coefficient (Wildman–Crippen LogP) is 6.88. The van der Waals surface area contributed by atoms with Crippen LogP contribution in [0.1, 0.15) is 28.2 Å². The lowest BCUT2D eigenvalue weighted by atomic mass is 9.77. The highest BCUT2D eigenvalue weighted by atomic mass is 15.2. The van der Waals surface area contributed by atoms with Crippen LogP contribution in [-0.2, 0) is 6.42 Å². The smallest absolute Gasteiger partial charge is 0.151 e. The van der Waals surface area contributed by atoms with E-state index in [0.717, 1.165) is 40.3 Å². The minimum atomic E-state index is -0.252. The zero-order valence-electron chi connectivity index (χ0n) is 20.8. The van der Waals surface area contributed by atoms with E-state index in [2.05, 4.69) is 113 Å². The van der Waals surface area contributed by atoms with E-state index in [1.54, 1.807) is 6.20 Å². The molecule has 0 amide bonds. The molecule has 0 fully saturated rings. The molecule has 38 heavy (non-hydrogen) atoms. The number of aromatic nitrogens is 1. The maximum atomic E-state index is 5.26. The van der Waals surface area contributed by atoms with Gasteiger partial charge in [-0.2, -0.15) is 0 Å². The molecule has 0 radical (unpaired) electrons. The highest BCUT2D eigenvalue weighted by Gasteiger charge is 2.33. The number of nitrogens with zero attached hydrogens (tertiary/aromatic N) is 3. The van der Waals surface area contributed by atoms with Crippen molar-refractivity contribution in [3.63, 3.8) is 0 Å². The fourth-order valence-electron chi connectivity index (χ4n) is 5.56. The summed E-state index contributed by atoms with van der Waals surface area (Å²) in [4.78, 5) is 14.8. The standard InChI is InChI=1S/C34H26N4/c1-2-10-23(11-3-1)32-36-33(26-14-8-13-24(20-26)27-15-9-19-35-22-27)38-34(37-32)31-21-25-12-4-5-16-28(25)29-17-6-7-18-30(29)31/h1-20,22,31,34H,21H2,(H,36,37,38)/t31-,34?/m1/s1. The summed E-state index contributed by atoms with van der Waals surface area (Å²) in [6.07, 6.45) is 4.34. The number of amidine groups is 2. The van der Waals surface area contributed by atoms with Crippen molar-refractivity contribution >= 4 is 11.7 Å². The monoisotopic (exact) mass is 490 g/mol. The Bertz CT molecular complexity index is 1670. The summed E-state index contributed by atoms with van der Waals surface area (Å²) in [5, 5.41) is 3.56. The summed E-state index contributed by atoms with van der Waals surface area (Å²) >= 11 is 0. The van der Waals surface area contributed by atoms with Crippen molar-refractivity contribution in [2.45, 2.75) is 18.5 Å². The van der Waals surface area contributed by atoms with Crippen molar-refractivity contribution in [3.05, 3.63) is 150 Å². The Morgan fingerprint density at radius 3 is 2.11 bits per heavy atom. The molecule has 4 heteroatoms. The molecule has 0 bridgehead atoms. The Hall–Kier alpha value is -4.83. The lowest BCUT2D eigenvalue weighted by Crippen LogP contribution is -2.39. The van der Waals surface area contributed by atoms with Gasteiger partial charge in [-0.1, -0.05) is 103 Å². The molecule has 1 N–H and O–H groups in total. The molecule has 1 aliphatic carbocycles. The number of nitrogens with one attached hydrogen (secondary N) is 1. The zero-order valence-corrected chi connectivity index (χ0v) is 20.8. The van der Waals surface area contributed by atoms with Gasteiger partial charge in [0, 0.05) is 35.0 Å². The second kappa shape index (κ2) is 9.56. The summed E-state index contributed by atoms with van der Waals surface area (Å²) in [5.41, 5.74) is 9.53. The van der Waals surface area contributed by atoms with E-state index in [1.165, 1.54) is 22.3 Å². The van der Waals surface area contributed by atoms with E-state index < -0.39 is 0 Å². The number of benzene rings is 4. The van der Waals surface area contributed by atoms with Crippen molar-refractivity contribution in [2.75, 3.05) is 0 Å². The maximum Gasteiger partial charge on any atom is 0.151 e. The van der Waals surface area contributed by atoms with Crippen LogP contribution >= 0.6 is 0 Å². The maximum absolute atomic E-state index is 5.26. The van der Waals surface area contributed by atoms with Crippen LogP contribution < -0.4 is 5.32 Å². The number of pyridine rings is 1. The zero-order chi connectivity index (χ0) is 25.3. The fraction of sp³-hybridized carbons (Fsp3) is 0.0882. The Kier molecular flexibility index (Phi) is 5.63. The van der Waals surface area contributed by atoms with Crippen LogP contribution in [-0.4, -0.2) is 22.8 Å². The normalized spacial score (nSPS) is 17.9. The van der Waals surface area contributed by atoms with Crippen LogP contribution in [0.4, 0.5) is 0 Å². The number of rotatable bonds is 4. The highest BCUT2D eigenvalue weighted by molar-refractivity contribution is 6.16. The van der Waals surface area contributed by atoms with Crippen molar-refractivity contribution in [1.29, 1.82) is 0 Å². The molecule has 1 aromatic heterocycles. The average molecular weight is 491 g/mol. The van der Waals surface area contributed by atoms with Gasteiger partial charge >= 0.3 is 0 Å². The molecule has 182 valence electrons. The Morgan fingerprint density at radius 2 is 1.26 bits per heavy atom. The first-order chi connectivity index (χ1) is 18.8. The van der Waals surface area contributed by atoms with Gasteiger partial charge in [-0.3, -0.25) is 4.98 Å². The quantitative estimate of drug-likeness (QED) is 0.299.